The molecule has 0 aromatic heterocycles. The van der Waals surface area contributed by atoms with Crippen molar-refractivity contribution in [2.75, 3.05) is 38.0 Å². The van der Waals surface area contributed by atoms with E-state index in [1.54, 1.807) is 28.6 Å². The molecule has 39 heavy (non-hydrogen) atoms. The number of likely N-dealkylation sites (tertiary alicyclic amines) is 1. The zero-order valence-corrected chi connectivity index (χ0v) is 23.9. The SMILES string of the molecule is CC(=O)Nc1ccc(S(=O)(=O)N2CCC(C3CCN4C(C3)C(C(=O)N3CCCCCC3)C(C)[N+]4=O)CC2)cc1. The highest BCUT2D eigenvalue weighted by atomic mass is 32.2. The molecular formula is C28H42N5O5S+. The summed E-state index contributed by atoms with van der Waals surface area (Å²) in [5.74, 6) is 0.399. The fourth-order valence-electron chi connectivity index (χ4n) is 7.23. The number of benzene rings is 1. The van der Waals surface area contributed by atoms with Gasteiger partial charge in [-0.1, -0.05) is 12.8 Å². The number of nitroso groups, excluding NO2 is 1. The van der Waals surface area contributed by atoms with Crippen molar-refractivity contribution in [3.63, 3.8) is 0 Å². The fourth-order valence-corrected chi connectivity index (χ4v) is 8.70. The number of hydrogen-bond donors (Lipinski definition) is 1. The van der Waals surface area contributed by atoms with Crippen LogP contribution in [0.3, 0.4) is 0 Å². The monoisotopic (exact) mass is 560 g/mol. The van der Waals surface area contributed by atoms with Crippen molar-refractivity contribution in [3.05, 3.63) is 29.2 Å². The second kappa shape index (κ2) is 11.5. The van der Waals surface area contributed by atoms with Gasteiger partial charge in [-0.3, -0.25) is 9.59 Å². The Morgan fingerprint density at radius 1 is 0.897 bits per heavy atom. The number of amides is 2. The molecule has 4 unspecified atom stereocenters. The lowest BCUT2D eigenvalue weighted by molar-refractivity contribution is -0.716. The topological polar surface area (TPSA) is 110 Å². The molecule has 0 aliphatic carbocycles. The van der Waals surface area contributed by atoms with Gasteiger partial charge in [0.1, 0.15) is 16.8 Å². The molecular weight excluding hydrogens is 518 g/mol. The van der Waals surface area contributed by atoms with Crippen LogP contribution in [-0.2, 0) is 19.6 Å². The molecule has 0 bridgehead atoms. The highest BCUT2D eigenvalue weighted by Crippen LogP contribution is 2.42. The van der Waals surface area contributed by atoms with Gasteiger partial charge in [-0.25, -0.2) is 8.42 Å². The average molecular weight is 561 g/mol. The van der Waals surface area contributed by atoms with E-state index >= 15 is 0 Å². The van der Waals surface area contributed by atoms with Gasteiger partial charge in [-0.05, 0) is 74.6 Å². The Labute approximate surface area is 231 Å². The number of anilines is 1. The molecule has 4 fully saturated rings. The van der Waals surface area contributed by atoms with Gasteiger partial charge in [-0.15, -0.1) is 5.01 Å². The normalized spacial score (nSPS) is 29.1. The number of sulfonamides is 1. The number of piperidine rings is 2. The molecule has 4 atom stereocenters. The number of hydrogen-bond acceptors (Lipinski definition) is 5. The molecule has 1 aromatic carbocycles. The summed E-state index contributed by atoms with van der Waals surface area (Å²) in [5, 5.41) is 4.56. The molecule has 4 aliphatic heterocycles. The van der Waals surface area contributed by atoms with Crippen LogP contribution in [0, 0.1) is 22.7 Å². The molecule has 1 N–H and O–H groups in total. The Balaban J connectivity index is 1.22. The van der Waals surface area contributed by atoms with Crippen LogP contribution in [0.25, 0.3) is 0 Å². The van der Waals surface area contributed by atoms with E-state index in [0.717, 1.165) is 69.3 Å². The van der Waals surface area contributed by atoms with Crippen LogP contribution in [0.2, 0.25) is 0 Å². The van der Waals surface area contributed by atoms with Crippen LogP contribution in [0.5, 0.6) is 0 Å². The first-order valence-corrected chi connectivity index (χ1v) is 16.0. The lowest BCUT2D eigenvalue weighted by Crippen LogP contribution is -2.49. The van der Waals surface area contributed by atoms with E-state index in [2.05, 4.69) is 5.32 Å². The van der Waals surface area contributed by atoms with Gasteiger partial charge < -0.3 is 10.2 Å². The van der Waals surface area contributed by atoms with E-state index in [9.17, 15) is 22.9 Å². The number of fused-ring (bicyclic) bond motifs is 1. The first-order chi connectivity index (χ1) is 18.7. The summed E-state index contributed by atoms with van der Waals surface area (Å²) in [7, 11) is -3.61. The molecule has 2 amide bonds. The van der Waals surface area contributed by atoms with Crippen molar-refractivity contribution >= 4 is 27.5 Å². The number of hydrazine groups is 1. The van der Waals surface area contributed by atoms with E-state index in [1.165, 1.54) is 6.92 Å². The maximum absolute atomic E-state index is 13.6. The van der Waals surface area contributed by atoms with E-state index < -0.39 is 10.0 Å². The van der Waals surface area contributed by atoms with Gasteiger partial charge in [0.05, 0.1) is 16.3 Å². The van der Waals surface area contributed by atoms with Crippen molar-refractivity contribution in [2.45, 2.75) is 82.2 Å². The van der Waals surface area contributed by atoms with Crippen molar-refractivity contribution in [1.29, 1.82) is 0 Å². The van der Waals surface area contributed by atoms with Gasteiger partial charge in [0.25, 0.3) is 0 Å². The predicted octanol–water partition coefficient (Wildman–Crippen LogP) is 3.24. The van der Waals surface area contributed by atoms with Crippen LogP contribution in [0.1, 0.15) is 65.2 Å². The second-order valence-electron chi connectivity index (χ2n) is 11.8. The van der Waals surface area contributed by atoms with E-state index in [1.807, 2.05) is 16.8 Å². The van der Waals surface area contributed by atoms with Crippen molar-refractivity contribution in [3.8, 4) is 0 Å². The summed E-state index contributed by atoms with van der Waals surface area (Å²) in [5.41, 5.74) is 0.567. The third-order valence-electron chi connectivity index (χ3n) is 9.37. The lowest BCUT2D eigenvalue weighted by atomic mass is 9.74. The summed E-state index contributed by atoms with van der Waals surface area (Å²) >= 11 is 0. The lowest BCUT2D eigenvalue weighted by Gasteiger charge is -2.40. The second-order valence-corrected chi connectivity index (χ2v) is 13.7. The Morgan fingerprint density at radius 2 is 1.51 bits per heavy atom. The van der Waals surface area contributed by atoms with E-state index in [0.29, 0.717) is 37.2 Å². The number of nitrogens with one attached hydrogen (secondary N) is 1. The molecule has 4 saturated heterocycles. The molecule has 0 spiro atoms. The van der Waals surface area contributed by atoms with Crippen LogP contribution < -0.4 is 5.32 Å². The van der Waals surface area contributed by atoms with Crippen LogP contribution in [-0.4, -0.2) is 84.1 Å². The predicted molar refractivity (Wildman–Crippen MR) is 147 cm³/mol. The smallest absolute Gasteiger partial charge is 0.245 e. The first-order valence-electron chi connectivity index (χ1n) is 14.6. The maximum Gasteiger partial charge on any atom is 0.245 e. The van der Waals surface area contributed by atoms with E-state index in [4.69, 9.17) is 0 Å². The molecule has 11 heteroatoms. The van der Waals surface area contributed by atoms with Crippen LogP contribution >= 0.6 is 0 Å². The Hall–Kier alpha value is -2.53. The highest BCUT2D eigenvalue weighted by Gasteiger charge is 2.59. The van der Waals surface area contributed by atoms with Gasteiger partial charge in [0.15, 0.2) is 0 Å². The summed E-state index contributed by atoms with van der Waals surface area (Å²) < 4.78 is 28.1. The zero-order chi connectivity index (χ0) is 27.7. The minimum Gasteiger partial charge on any atom is -0.342 e. The molecule has 0 radical (unpaired) electrons. The summed E-state index contributed by atoms with van der Waals surface area (Å²) in [6, 6.07) is 5.88. The molecule has 10 nitrogen and oxygen atoms in total. The number of carbonyl (C=O) groups excluding carboxylic acids is 2. The van der Waals surface area contributed by atoms with E-state index in [-0.39, 0.29) is 34.7 Å². The third-order valence-corrected chi connectivity index (χ3v) is 11.3. The van der Waals surface area contributed by atoms with Crippen LogP contribution in [0.4, 0.5) is 5.69 Å². The zero-order valence-electron chi connectivity index (χ0n) is 23.1. The summed E-state index contributed by atoms with van der Waals surface area (Å²) in [6.07, 6.45) is 7.66. The Bertz CT molecular complexity index is 1170. The third kappa shape index (κ3) is 5.70. The van der Waals surface area contributed by atoms with Gasteiger partial charge in [0, 0.05) is 45.7 Å². The van der Waals surface area contributed by atoms with Gasteiger partial charge >= 0.3 is 0 Å². The highest BCUT2D eigenvalue weighted by molar-refractivity contribution is 7.89. The molecule has 214 valence electrons. The standard InChI is InChI=1S/C28H41N5O5S/c1-20-27(28(35)30-14-5-3-4-6-15-30)26-19-23(13-18-32(26)33(20)36)22-11-16-31(17-12-22)39(37,38)25-9-7-24(8-10-25)29-21(2)34/h7-10,20,22-23,26-27H,3-6,11-19H2,1-2H3/p+1. The number of nitrogens with zero attached hydrogens (tertiary/aromatic N) is 4. The number of carbonyl (C=O) groups is 2. The Kier molecular flexibility index (Phi) is 8.28. The maximum atomic E-state index is 13.6. The first kappa shape index (κ1) is 28.0. The largest absolute Gasteiger partial charge is 0.342 e. The summed E-state index contributed by atoms with van der Waals surface area (Å²) in [6.45, 7) is 6.48. The fraction of sp³-hybridized carbons (Fsp3) is 0.714. The minimum absolute atomic E-state index is 0.0732. The molecule has 4 heterocycles. The average Bonchev–Trinajstić information content (AvgIpc) is 3.09. The molecule has 5 rings (SSSR count). The van der Waals surface area contributed by atoms with Crippen LogP contribution in [0.15, 0.2) is 29.2 Å². The molecule has 0 saturated carbocycles. The summed E-state index contributed by atoms with van der Waals surface area (Å²) in [4.78, 5) is 41.2. The Morgan fingerprint density at radius 3 is 2.13 bits per heavy atom. The van der Waals surface area contributed by atoms with Gasteiger partial charge in [-0.2, -0.15) is 4.31 Å². The van der Waals surface area contributed by atoms with Crippen molar-refractivity contribution < 1.29 is 22.9 Å². The molecule has 4 aliphatic rings. The van der Waals surface area contributed by atoms with Crippen molar-refractivity contribution in [2.24, 2.45) is 17.8 Å². The van der Waals surface area contributed by atoms with Crippen molar-refractivity contribution in [1.82, 2.24) is 14.2 Å². The quantitative estimate of drug-likeness (QED) is 0.554. The number of rotatable bonds is 5. The molecule has 1 aromatic rings. The minimum atomic E-state index is -3.61. The van der Waals surface area contributed by atoms with Gasteiger partial charge in [0.2, 0.25) is 27.9 Å².